The van der Waals surface area contributed by atoms with Crippen LogP contribution in [-0.2, 0) is 10.9 Å². The molecular weight excluding hydrogens is 281 g/mol. The van der Waals surface area contributed by atoms with Crippen LogP contribution in [0.5, 0.6) is 0 Å². The molecule has 1 aliphatic carbocycles. The second-order valence-corrected chi connectivity index (χ2v) is 5.50. The maximum Gasteiger partial charge on any atom is 0.416 e. The average molecular weight is 302 g/mol. The Kier molecular flexibility index (Phi) is 4.88. The first-order valence-corrected chi connectivity index (χ1v) is 7.31. The highest BCUT2D eigenvalue weighted by atomic mass is 19.4. The molecule has 0 saturated heterocycles. The van der Waals surface area contributed by atoms with Crippen molar-refractivity contribution in [3.8, 4) is 0 Å². The zero-order chi connectivity index (χ0) is 15.5. The Morgan fingerprint density at radius 2 is 2.00 bits per heavy atom. The van der Waals surface area contributed by atoms with Gasteiger partial charge in [-0.05, 0) is 25.8 Å². The summed E-state index contributed by atoms with van der Waals surface area (Å²) < 4.78 is 45.3. The van der Waals surface area contributed by atoms with Crippen LogP contribution in [0.25, 0.3) is 0 Å². The fourth-order valence-electron chi connectivity index (χ4n) is 3.18. The van der Waals surface area contributed by atoms with E-state index in [2.05, 4.69) is 4.98 Å². The van der Waals surface area contributed by atoms with Crippen LogP contribution in [0.2, 0.25) is 0 Å². The summed E-state index contributed by atoms with van der Waals surface area (Å²) >= 11 is 0. The molecule has 2 N–H and O–H groups in total. The van der Waals surface area contributed by atoms with Gasteiger partial charge in [0.2, 0.25) is 0 Å². The van der Waals surface area contributed by atoms with Crippen LogP contribution in [0, 0.1) is 0 Å². The van der Waals surface area contributed by atoms with E-state index >= 15 is 0 Å². The number of ether oxygens (including phenoxy) is 1. The Bertz CT molecular complexity index is 465. The van der Waals surface area contributed by atoms with E-state index in [1.54, 1.807) is 0 Å². The molecule has 0 aromatic carbocycles. The minimum Gasteiger partial charge on any atom is -0.373 e. The lowest BCUT2D eigenvalue weighted by Gasteiger charge is -2.42. The SMILES string of the molecule is CCOC1(C(N)c2cnccc2C(F)(F)F)CCCCC1. The van der Waals surface area contributed by atoms with E-state index in [0.29, 0.717) is 19.4 Å². The Morgan fingerprint density at radius 1 is 1.33 bits per heavy atom. The first-order chi connectivity index (χ1) is 9.91. The summed E-state index contributed by atoms with van der Waals surface area (Å²) in [6.07, 6.45) is 2.24. The molecule has 1 unspecified atom stereocenters. The fourth-order valence-corrected chi connectivity index (χ4v) is 3.18. The van der Waals surface area contributed by atoms with E-state index in [1.807, 2.05) is 6.92 Å². The van der Waals surface area contributed by atoms with Gasteiger partial charge in [-0.2, -0.15) is 13.2 Å². The zero-order valence-corrected chi connectivity index (χ0v) is 12.1. The van der Waals surface area contributed by atoms with Crippen LogP contribution in [0.3, 0.4) is 0 Å². The summed E-state index contributed by atoms with van der Waals surface area (Å²) in [7, 11) is 0. The molecule has 1 saturated carbocycles. The number of pyridine rings is 1. The Morgan fingerprint density at radius 3 is 2.57 bits per heavy atom. The average Bonchev–Trinajstić information content (AvgIpc) is 2.47. The van der Waals surface area contributed by atoms with E-state index in [9.17, 15) is 13.2 Å². The van der Waals surface area contributed by atoms with Crippen molar-refractivity contribution >= 4 is 0 Å². The molecule has 1 heterocycles. The van der Waals surface area contributed by atoms with Gasteiger partial charge in [-0.25, -0.2) is 0 Å². The molecule has 6 heteroatoms. The predicted molar refractivity (Wildman–Crippen MR) is 73.6 cm³/mol. The van der Waals surface area contributed by atoms with E-state index in [-0.39, 0.29) is 5.56 Å². The smallest absolute Gasteiger partial charge is 0.373 e. The molecule has 21 heavy (non-hydrogen) atoms. The van der Waals surface area contributed by atoms with Gasteiger partial charge in [0.05, 0.1) is 17.2 Å². The summed E-state index contributed by atoms with van der Waals surface area (Å²) in [5.41, 5.74) is 4.83. The van der Waals surface area contributed by atoms with Crippen molar-refractivity contribution in [1.82, 2.24) is 4.98 Å². The van der Waals surface area contributed by atoms with Crippen molar-refractivity contribution in [2.45, 2.75) is 56.8 Å². The Hall–Kier alpha value is -1.14. The number of alkyl halides is 3. The Labute approximate surface area is 122 Å². The number of hydrogen-bond acceptors (Lipinski definition) is 3. The highest BCUT2D eigenvalue weighted by molar-refractivity contribution is 5.31. The molecule has 1 aliphatic rings. The molecule has 3 nitrogen and oxygen atoms in total. The van der Waals surface area contributed by atoms with Gasteiger partial charge in [-0.15, -0.1) is 0 Å². The number of halogens is 3. The number of nitrogens with two attached hydrogens (primary N) is 1. The molecule has 1 aromatic heterocycles. The highest BCUT2D eigenvalue weighted by Gasteiger charge is 2.43. The first-order valence-electron chi connectivity index (χ1n) is 7.31. The third-order valence-corrected chi connectivity index (χ3v) is 4.19. The van der Waals surface area contributed by atoms with E-state index in [4.69, 9.17) is 10.5 Å². The third kappa shape index (κ3) is 3.37. The number of rotatable bonds is 4. The van der Waals surface area contributed by atoms with Crippen molar-refractivity contribution < 1.29 is 17.9 Å². The minimum absolute atomic E-state index is 0.0281. The lowest BCUT2D eigenvalue weighted by Crippen LogP contribution is -2.46. The largest absolute Gasteiger partial charge is 0.416 e. The van der Waals surface area contributed by atoms with Crippen LogP contribution in [0.4, 0.5) is 13.2 Å². The molecule has 0 spiro atoms. The molecule has 1 atom stereocenters. The van der Waals surface area contributed by atoms with Gasteiger partial charge in [0.25, 0.3) is 0 Å². The molecule has 118 valence electrons. The fraction of sp³-hybridized carbons (Fsp3) is 0.667. The van der Waals surface area contributed by atoms with Gasteiger partial charge in [-0.1, -0.05) is 19.3 Å². The van der Waals surface area contributed by atoms with Crippen LogP contribution in [0.1, 0.15) is 56.2 Å². The first kappa shape index (κ1) is 16.2. The summed E-state index contributed by atoms with van der Waals surface area (Å²) in [6.45, 7) is 2.28. The van der Waals surface area contributed by atoms with Gasteiger partial charge < -0.3 is 10.5 Å². The molecule has 0 aliphatic heterocycles. The molecular formula is C15H21F3N2O. The van der Waals surface area contributed by atoms with E-state index in [1.165, 1.54) is 6.20 Å². The van der Waals surface area contributed by atoms with Crippen LogP contribution in [0.15, 0.2) is 18.5 Å². The van der Waals surface area contributed by atoms with Gasteiger partial charge in [0.1, 0.15) is 0 Å². The standard InChI is InChI=1S/C15H21F3N2O/c1-2-21-14(7-4-3-5-8-14)13(19)11-10-20-9-6-12(11)15(16,17)18/h6,9-10,13H,2-5,7-8,19H2,1H3. The summed E-state index contributed by atoms with van der Waals surface area (Å²) in [4.78, 5) is 3.83. The molecule has 1 fully saturated rings. The molecule has 0 amide bonds. The van der Waals surface area contributed by atoms with E-state index < -0.39 is 23.4 Å². The lowest BCUT2D eigenvalue weighted by molar-refractivity contribution is -0.140. The normalized spacial score (nSPS) is 20.2. The van der Waals surface area contributed by atoms with Crippen molar-refractivity contribution in [1.29, 1.82) is 0 Å². The van der Waals surface area contributed by atoms with Gasteiger partial charge in [0.15, 0.2) is 0 Å². The number of hydrogen-bond donors (Lipinski definition) is 1. The summed E-state index contributed by atoms with van der Waals surface area (Å²) in [5, 5.41) is 0. The van der Waals surface area contributed by atoms with Gasteiger partial charge in [0, 0.05) is 24.6 Å². The maximum absolute atomic E-state index is 13.2. The van der Waals surface area contributed by atoms with Crippen LogP contribution in [-0.4, -0.2) is 17.2 Å². The topological polar surface area (TPSA) is 48.1 Å². The quantitative estimate of drug-likeness (QED) is 0.919. The van der Waals surface area contributed by atoms with Crippen molar-refractivity contribution in [3.05, 3.63) is 29.6 Å². The minimum atomic E-state index is -4.43. The van der Waals surface area contributed by atoms with Crippen LogP contribution >= 0.6 is 0 Å². The number of nitrogens with zero attached hydrogens (tertiary/aromatic N) is 1. The highest BCUT2D eigenvalue weighted by Crippen LogP contribution is 2.43. The molecule has 0 radical (unpaired) electrons. The monoisotopic (exact) mass is 302 g/mol. The summed E-state index contributed by atoms with van der Waals surface area (Å²) in [6, 6.07) is 0.167. The second kappa shape index (κ2) is 6.32. The maximum atomic E-state index is 13.2. The van der Waals surface area contributed by atoms with Crippen molar-refractivity contribution in [2.24, 2.45) is 5.73 Å². The third-order valence-electron chi connectivity index (χ3n) is 4.19. The second-order valence-electron chi connectivity index (χ2n) is 5.50. The van der Waals surface area contributed by atoms with Crippen LogP contribution < -0.4 is 5.73 Å². The molecule has 0 bridgehead atoms. The van der Waals surface area contributed by atoms with Gasteiger partial charge in [-0.3, -0.25) is 4.98 Å². The lowest BCUT2D eigenvalue weighted by atomic mass is 9.76. The van der Waals surface area contributed by atoms with E-state index in [0.717, 1.165) is 31.5 Å². The van der Waals surface area contributed by atoms with Crippen molar-refractivity contribution in [2.75, 3.05) is 6.61 Å². The van der Waals surface area contributed by atoms with Crippen molar-refractivity contribution in [3.63, 3.8) is 0 Å². The van der Waals surface area contributed by atoms with Gasteiger partial charge >= 0.3 is 6.18 Å². The Balaban J connectivity index is 2.39. The number of aromatic nitrogens is 1. The summed E-state index contributed by atoms with van der Waals surface area (Å²) in [5.74, 6) is 0. The molecule has 1 aromatic rings. The molecule has 2 rings (SSSR count). The predicted octanol–water partition coefficient (Wildman–Crippen LogP) is 3.84. The zero-order valence-electron chi connectivity index (χ0n) is 12.1.